The summed E-state index contributed by atoms with van der Waals surface area (Å²) in [6.07, 6.45) is 2.86. The molecule has 9 heavy (non-hydrogen) atoms. The van der Waals surface area contributed by atoms with Crippen molar-refractivity contribution >= 4 is 18.2 Å². The Kier molecular flexibility index (Phi) is 1.40. The molecule has 4 nitrogen and oxygen atoms in total. The molecule has 0 spiro atoms. The molecular weight excluding hydrogens is 116 g/mol. The molecule has 4 heteroatoms. The van der Waals surface area contributed by atoms with E-state index in [1.807, 2.05) is 0 Å². The van der Waals surface area contributed by atoms with Crippen LogP contribution in [0.15, 0.2) is 17.5 Å². The summed E-state index contributed by atoms with van der Waals surface area (Å²) in [5.74, 6) is 0.435. The molecule has 0 aromatic carbocycles. The van der Waals surface area contributed by atoms with Crippen molar-refractivity contribution in [3.63, 3.8) is 0 Å². The Morgan fingerprint density at radius 2 is 2.44 bits per heavy atom. The van der Waals surface area contributed by atoms with Crippen LogP contribution in [-0.4, -0.2) is 16.7 Å². The van der Waals surface area contributed by atoms with Gasteiger partial charge in [0.15, 0.2) is 5.82 Å². The summed E-state index contributed by atoms with van der Waals surface area (Å²) >= 11 is 0. The highest BCUT2D eigenvalue weighted by molar-refractivity contribution is 5.58. The lowest BCUT2D eigenvalue weighted by molar-refractivity contribution is 1.16. The number of rotatable bonds is 1. The summed E-state index contributed by atoms with van der Waals surface area (Å²) < 4.78 is 0. The third-order valence-electron chi connectivity index (χ3n) is 0.868. The molecule has 0 saturated heterocycles. The van der Waals surface area contributed by atoms with Crippen LogP contribution in [0.1, 0.15) is 0 Å². The Morgan fingerprint density at radius 1 is 1.67 bits per heavy atom. The van der Waals surface area contributed by atoms with Gasteiger partial charge in [-0.1, -0.05) is 0 Å². The third-order valence-corrected chi connectivity index (χ3v) is 0.868. The fourth-order valence-corrected chi connectivity index (χ4v) is 0.466. The summed E-state index contributed by atoms with van der Waals surface area (Å²) in [5, 5.41) is 0. The van der Waals surface area contributed by atoms with Crippen LogP contribution in [0.25, 0.3) is 0 Å². The molecule has 1 aromatic heterocycles. The Bertz CT molecular complexity index is 220. The smallest absolute Gasteiger partial charge is 0.177 e. The van der Waals surface area contributed by atoms with Gasteiger partial charge in [0.1, 0.15) is 6.33 Å². The summed E-state index contributed by atoms with van der Waals surface area (Å²) in [5.41, 5.74) is 5.82. The van der Waals surface area contributed by atoms with Crippen molar-refractivity contribution < 1.29 is 0 Å². The van der Waals surface area contributed by atoms with Crippen molar-refractivity contribution in [3.8, 4) is 0 Å². The number of hydrogen-bond acceptors (Lipinski definition) is 4. The molecule has 0 fully saturated rings. The number of nitrogens with zero attached hydrogens (tertiary/aromatic N) is 3. The number of aromatic nitrogens is 2. The van der Waals surface area contributed by atoms with Gasteiger partial charge >= 0.3 is 0 Å². The predicted octanol–water partition coefficient (Wildman–Crippen LogP) is 0.391. The normalized spacial score (nSPS) is 8.89. The lowest BCUT2D eigenvalue weighted by atomic mass is 10.5. The minimum Gasteiger partial charge on any atom is -0.394 e. The number of hydrogen-bond donors (Lipinski definition) is 1. The van der Waals surface area contributed by atoms with E-state index in [1.54, 1.807) is 0 Å². The fraction of sp³-hybridized carbons (Fsp3) is 0. The zero-order valence-corrected chi connectivity index (χ0v) is 4.78. The predicted molar refractivity (Wildman–Crippen MR) is 35.7 cm³/mol. The first kappa shape index (κ1) is 5.68. The first-order chi connectivity index (χ1) is 4.34. The van der Waals surface area contributed by atoms with Crippen molar-refractivity contribution in [3.05, 3.63) is 12.5 Å². The lowest BCUT2D eigenvalue weighted by Crippen LogP contribution is -1.88. The van der Waals surface area contributed by atoms with E-state index in [0.29, 0.717) is 11.5 Å². The van der Waals surface area contributed by atoms with Gasteiger partial charge in [0.2, 0.25) is 0 Å². The van der Waals surface area contributed by atoms with Crippen molar-refractivity contribution in [2.75, 3.05) is 5.73 Å². The molecule has 0 amide bonds. The van der Waals surface area contributed by atoms with Crippen LogP contribution in [0.4, 0.5) is 11.5 Å². The van der Waals surface area contributed by atoms with Crippen LogP contribution in [0.5, 0.6) is 0 Å². The molecule has 0 unspecified atom stereocenters. The summed E-state index contributed by atoms with van der Waals surface area (Å²) in [7, 11) is 0. The van der Waals surface area contributed by atoms with Crippen LogP contribution >= 0.6 is 0 Å². The topological polar surface area (TPSA) is 64.2 Å². The van der Waals surface area contributed by atoms with Crippen LogP contribution in [0, 0.1) is 0 Å². The van der Waals surface area contributed by atoms with Crippen molar-refractivity contribution in [1.29, 1.82) is 0 Å². The van der Waals surface area contributed by atoms with E-state index < -0.39 is 0 Å². The van der Waals surface area contributed by atoms with E-state index in [0.717, 1.165) is 0 Å². The van der Waals surface area contributed by atoms with Crippen molar-refractivity contribution in [1.82, 2.24) is 9.97 Å². The quantitative estimate of drug-likeness (QED) is 0.548. The standard InChI is InChI=1S/C5H6N4/c1-7-5-4(6)2-8-3-9-5/h2-3H,1,6H2. The molecule has 0 atom stereocenters. The molecule has 0 aliphatic rings. The second-order valence-corrected chi connectivity index (χ2v) is 1.46. The van der Waals surface area contributed by atoms with Gasteiger partial charge in [-0.05, 0) is 6.72 Å². The highest BCUT2D eigenvalue weighted by Gasteiger charge is 1.92. The second-order valence-electron chi connectivity index (χ2n) is 1.46. The maximum atomic E-state index is 5.37. The third kappa shape index (κ3) is 1.02. The highest BCUT2D eigenvalue weighted by Crippen LogP contribution is 2.13. The van der Waals surface area contributed by atoms with Gasteiger partial charge in [0.25, 0.3) is 0 Å². The Balaban J connectivity index is 3.15. The molecule has 1 rings (SSSR count). The molecule has 0 radical (unpaired) electrons. The average molecular weight is 122 g/mol. The summed E-state index contributed by atoms with van der Waals surface area (Å²) in [6, 6.07) is 0. The van der Waals surface area contributed by atoms with Gasteiger partial charge < -0.3 is 5.73 Å². The minimum absolute atomic E-state index is 0.435. The van der Waals surface area contributed by atoms with E-state index in [9.17, 15) is 0 Å². The maximum absolute atomic E-state index is 5.37. The Morgan fingerprint density at radius 3 is 2.89 bits per heavy atom. The lowest BCUT2D eigenvalue weighted by Gasteiger charge is -1.92. The number of aliphatic imine (C=N–C) groups is 1. The Labute approximate surface area is 52.5 Å². The van der Waals surface area contributed by atoms with Crippen LogP contribution in [-0.2, 0) is 0 Å². The molecule has 1 aromatic rings. The van der Waals surface area contributed by atoms with Gasteiger partial charge in [0.05, 0.1) is 11.9 Å². The minimum atomic E-state index is 0.435. The number of nitrogen functional groups attached to an aromatic ring is 1. The monoisotopic (exact) mass is 122 g/mol. The zero-order chi connectivity index (χ0) is 6.69. The van der Waals surface area contributed by atoms with Crippen LogP contribution in [0.3, 0.4) is 0 Å². The number of nitrogens with two attached hydrogens (primary N) is 1. The van der Waals surface area contributed by atoms with Crippen LogP contribution < -0.4 is 5.73 Å². The fourth-order valence-electron chi connectivity index (χ4n) is 0.466. The van der Waals surface area contributed by atoms with E-state index in [4.69, 9.17) is 5.73 Å². The zero-order valence-electron chi connectivity index (χ0n) is 4.78. The molecule has 0 aliphatic heterocycles. The molecule has 46 valence electrons. The number of anilines is 1. The average Bonchev–Trinajstić information content (AvgIpc) is 1.89. The van der Waals surface area contributed by atoms with Gasteiger partial charge in [-0.2, -0.15) is 0 Å². The van der Waals surface area contributed by atoms with Crippen LogP contribution in [0.2, 0.25) is 0 Å². The van der Waals surface area contributed by atoms with E-state index in [1.165, 1.54) is 12.5 Å². The SMILES string of the molecule is C=Nc1ncncc1N. The van der Waals surface area contributed by atoms with Crippen molar-refractivity contribution in [2.45, 2.75) is 0 Å². The van der Waals surface area contributed by atoms with Gasteiger partial charge in [0, 0.05) is 0 Å². The molecule has 0 saturated carbocycles. The Hall–Kier alpha value is -1.45. The summed E-state index contributed by atoms with van der Waals surface area (Å²) in [4.78, 5) is 10.9. The first-order valence-corrected chi connectivity index (χ1v) is 2.37. The highest BCUT2D eigenvalue weighted by atomic mass is 15.0. The second kappa shape index (κ2) is 2.21. The molecular formula is C5H6N4. The molecule has 0 bridgehead atoms. The van der Waals surface area contributed by atoms with Crippen molar-refractivity contribution in [2.24, 2.45) is 4.99 Å². The van der Waals surface area contributed by atoms with E-state index in [2.05, 4.69) is 21.7 Å². The molecule has 2 N–H and O–H groups in total. The van der Waals surface area contributed by atoms with Gasteiger partial charge in [-0.15, -0.1) is 0 Å². The molecule has 1 heterocycles. The first-order valence-electron chi connectivity index (χ1n) is 2.37. The van der Waals surface area contributed by atoms with Gasteiger partial charge in [-0.25, -0.2) is 15.0 Å². The summed E-state index contributed by atoms with van der Waals surface area (Å²) in [6.45, 7) is 3.27. The molecule has 0 aliphatic carbocycles. The van der Waals surface area contributed by atoms with E-state index in [-0.39, 0.29) is 0 Å². The van der Waals surface area contributed by atoms with E-state index >= 15 is 0 Å². The van der Waals surface area contributed by atoms with Gasteiger partial charge in [-0.3, -0.25) is 0 Å². The largest absolute Gasteiger partial charge is 0.394 e. The maximum Gasteiger partial charge on any atom is 0.177 e.